The van der Waals surface area contributed by atoms with Gasteiger partial charge >= 0.3 is 0 Å². The molecule has 1 aliphatic rings. The van der Waals surface area contributed by atoms with E-state index >= 15 is 0 Å². The number of alkyl halides is 2. The molecule has 20 heavy (non-hydrogen) atoms. The van der Waals surface area contributed by atoms with Gasteiger partial charge in [0.2, 0.25) is 5.91 Å². The van der Waals surface area contributed by atoms with Crippen LogP contribution in [0.3, 0.4) is 0 Å². The zero-order valence-corrected chi connectivity index (χ0v) is 13.2. The maximum Gasteiger partial charge on any atom is 0.283 e. The smallest absolute Gasteiger partial charge is 0.283 e. The summed E-state index contributed by atoms with van der Waals surface area (Å²) in [4.78, 5) is 13.8. The summed E-state index contributed by atoms with van der Waals surface area (Å²) >= 11 is 3.22. The number of amides is 1. The summed E-state index contributed by atoms with van der Waals surface area (Å²) in [6, 6.07) is 0. The van der Waals surface area contributed by atoms with Crippen LogP contribution in [0, 0.1) is 0 Å². The van der Waals surface area contributed by atoms with Crippen LogP contribution in [-0.2, 0) is 11.3 Å². The molecule has 0 bridgehead atoms. The van der Waals surface area contributed by atoms with Gasteiger partial charge in [0, 0.05) is 19.0 Å². The van der Waals surface area contributed by atoms with Gasteiger partial charge in [-0.15, -0.1) is 0 Å². The maximum absolute atomic E-state index is 12.9. The van der Waals surface area contributed by atoms with Gasteiger partial charge in [-0.2, -0.15) is 5.10 Å². The van der Waals surface area contributed by atoms with Crippen LogP contribution in [0.5, 0.6) is 0 Å². The molecule has 1 saturated carbocycles. The second-order valence-corrected chi connectivity index (χ2v) is 5.68. The fourth-order valence-electron chi connectivity index (χ4n) is 2.28. The summed E-state index contributed by atoms with van der Waals surface area (Å²) in [7, 11) is 0. The molecule has 1 aromatic rings. The van der Waals surface area contributed by atoms with Crippen LogP contribution in [0.1, 0.15) is 50.4 Å². The Morgan fingerprint density at radius 2 is 2.05 bits per heavy atom. The van der Waals surface area contributed by atoms with E-state index in [9.17, 15) is 13.6 Å². The van der Waals surface area contributed by atoms with Crippen molar-refractivity contribution in [2.24, 2.45) is 0 Å². The second kappa shape index (κ2) is 6.20. The van der Waals surface area contributed by atoms with Crippen molar-refractivity contribution in [2.75, 3.05) is 13.1 Å². The first-order valence-corrected chi connectivity index (χ1v) is 7.60. The monoisotopic (exact) mass is 349 g/mol. The second-order valence-electron chi connectivity index (χ2n) is 4.88. The number of rotatable bonds is 6. The Morgan fingerprint density at radius 1 is 1.45 bits per heavy atom. The van der Waals surface area contributed by atoms with Crippen molar-refractivity contribution < 1.29 is 13.6 Å². The molecule has 1 aromatic heterocycles. The van der Waals surface area contributed by atoms with Crippen molar-refractivity contribution >= 4 is 21.8 Å². The molecule has 0 aromatic carbocycles. The topological polar surface area (TPSA) is 38.1 Å². The normalized spacial score (nSPS) is 14.9. The summed E-state index contributed by atoms with van der Waals surface area (Å²) in [6.45, 7) is 5.04. The van der Waals surface area contributed by atoms with Crippen LogP contribution in [0.25, 0.3) is 0 Å². The molecule has 112 valence electrons. The van der Waals surface area contributed by atoms with Gasteiger partial charge in [-0.05, 0) is 42.6 Å². The highest BCUT2D eigenvalue weighted by molar-refractivity contribution is 9.10. The van der Waals surface area contributed by atoms with Gasteiger partial charge in [0.1, 0.15) is 12.2 Å². The molecule has 1 fully saturated rings. The van der Waals surface area contributed by atoms with Gasteiger partial charge in [0.05, 0.1) is 10.2 Å². The van der Waals surface area contributed by atoms with Gasteiger partial charge in [-0.3, -0.25) is 9.48 Å². The number of hydrogen-bond acceptors (Lipinski definition) is 2. The minimum atomic E-state index is -2.63. The molecule has 4 nitrogen and oxygen atoms in total. The Balaban J connectivity index is 2.26. The maximum atomic E-state index is 12.9. The highest BCUT2D eigenvalue weighted by Crippen LogP contribution is 2.45. The van der Waals surface area contributed by atoms with E-state index < -0.39 is 6.43 Å². The van der Waals surface area contributed by atoms with E-state index in [1.54, 1.807) is 4.90 Å². The van der Waals surface area contributed by atoms with Crippen LogP contribution in [0.15, 0.2) is 4.47 Å². The molecular formula is C13H18BrF2N3O. The SMILES string of the molecule is CCN(CC)C(=O)Cn1nc(C(F)F)c(Br)c1C1CC1. The zero-order chi connectivity index (χ0) is 14.9. The van der Waals surface area contributed by atoms with Crippen molar-refractivity contribution in [3.8, 4) is 0 Å². The predicted octanol–water partition coefficient (Wildman–Crippen LogP) is 3.33. The Kier molecular flexibility index (Phi) is 4.78. The Labute approximate surface area is 125 Å². The summed E-state index contributed by atoms with van der Waals surface area (Å²) in [5, 5.41) is 3.93. The van der Waals surface area contributed by atoms with E-state index in [0.29, 0.717) is 17.6 Å². The number of nitrogens with zero attached hydrogens (tertiary/aromatic N) is 3. The highest BCUT2D eigenvalue weighted by atomic mass is 79.9. The summed E-state index contributed by atoms with van der Waals surface area (Å²) in [5.41, 5.74) is 0.472. The van der Waals surface area contributed by atoms with Crippen molar-refractivity contribution in [3.05, 3.63) is 15.9 Å². The number of carbonyl (C=O) groups excluding carboxylic acids is 1. The molecule has 1 aliphatic carbocycles. The predicted molar refractivity (Wildman–Crippen MR) is 74.8 cm³/mol. The number of halogens is 3. The third kappa shape index (κ3) is 3.02. The summed E-state index contributed by atoms with van der Waals surface area (Å²) in [6.07, 6.45) is -0.703. The average molecular weight is 350 g/mol. The molecule has 0 N–H and O–H groups in total. The van der Waals surface area contributed by atoms with E-state index in [1.165, 1.54) is 4.68 Å². The van der Waals surface area contributed by atoms with Crippen molar-refractivity contribution in [2.45, 2.75) is 45.6 Å². The number of carbonyl (C=O) groups is 1. The molecule has 0 spiro atoms. The van der Waals surface area contributed by atoms with Crippen LogP contribution in [0.2, 0.25) is 0 Å². The fraction of sp³-hybridized carbons (Fsp3) is 0.692. The van der Waals surface area contributed by atoms with E-state index in [4.69, 9.17) is 0 Å². The van der Waals surface area contributed by atoms with E-state index in [-0.39, 0.29) is 24.1 Å². The minimum Gasteiger partial charge on any atom is -0.342 e. The Hall–Kier alpha value is -0.980. The first-order chi connectivity index (χ1) is 9.49. The van der Waals surface area contributed by atoms with Crippen LogP contribution < -0.4 is 0 Å². The van der Waals surface area contributed by atoms with Crippen LogP contribution in [0.4, 0.5) is 8.78 Å². The molecule has 2 rings (SSSR count). The molecule has 1 heterocycles. The van der Waals surface area contributed by atoms with Gasteiger partial charge in [-0.1, -0.05) is 0 Å². The third-order valence-corrected chi connectivity index (χ3v) is 4.34. The lowest BCUT2D eigenvalue weighted by molar-refractivity contribution is -0.131. The molecule has 0 atom stereocenters. The largest absolute Gasteiger partial charge is 0.342 e. The molecule has 7 heteroatoms. The Morgan fingerprint density at radius 3 is 2.50 bits per heavy atom. The number of likely N-dealkylation sites (N-methyl/N-ethyl adjacent to an activating group) is 1. The minimum absolute atomic E-state index is 0.0266. The lowest BCUT2D eigenvalue weighted by atomic mass is 10.2. The summed E-state index contributed by atoms with van der Waals surface area (Å²) < 4.78 is 27.7. The van der Waals surface area contributed by atoms with E-state index in [2.05, 4.69) is 21.0 Å². The lowest BCUT2D eigenvalue weighted by Gasteiger charge is -2.19. The molecule has 1 amide bonds. The van der Waals surface area contributed by atoms with Crippen LogP contribution in [-0.4, -0.2) is 33.7 Å². The average Bonchev–Trinajstić information content (AvgIpc) is 3.16. The first-order valence-electron chi connectivity index (χ1n) is 6.81. The molecular weight excluding hydrogens is 332 g/mol. The number of aromatic nitrogens is 2. The van der Waals surface area contributed by atoms with Crippen molar-refractivity contribution in [1.29, 1.82) is 0 Å². The van der Waals surface area contributed by atoms with Crippen molar-refractivity contribution in [1.82, 2.24) is 14.7 Å². The summed E-state index contributed by atoms with van der Waals surface area (Å²) in [5.74, 6) is 0.154. The van der Waals surface area contributed by atoms with Gasteiger partial charge in [0.25, 0.3) is 6.43 Å². The van der Waals surface area contributed by atoms with E-state index in [0.717, 1.165) is 18.5 Å². The zero-order valence-electron chi connectivity index (χ0n) is 11.6. The van der Waals surface area contributed by atoms with Crippen LogP contribution >= 0.6 is 15.9 Å². The fourth-order valence-corrected chi connectivity index (χ4v) is 3.06. The molecule has 0 unspecified atom stereocenters. The first kappa shape index (κ1) is 15.4. The van der Waals surface area contributed by atoms with Gasteiger partial charge < -0.3 is 4.90 Å². The quantitative estimate of drug-likeness (QED) is 0.789. The number of hydrogen-bond donors (Lipinski definition) is 0. The molecule has 0 saturated heterocycles. The molecule has 0 radical (unpaired) electrons. The van der Waals surface area contributed by atoms with Gasteiger partial charge in [-0.25, -0.2) is 8.78 Å². The lowest BCUT2D eigenvalue weighted by Crippen LogP contribution is -2.34. The Bertz CT molecular complexity index is 496. The third-order valence-electron chi connectivity index (χ3n) is 3.53. The standard InChI is InChI=1S/C13H18BrF2N3O/c1-3-18(4-2)9(20)7-19-12(8-5-6-8)10(14)11(17-19)13(15)16/h8,13H,3-7H2,1-2H3. The van der Waals surface area contributed by atoms with Crippen molar-refractivity contribution in [3.63, 3.8) is 0 Å². The van der Waals surface area contributed by atoms with E-state index in [1.807, 2.05) is 13.8 Å². The van der Waals surface area contributed by atoms with Gasteiger partial charge in [0.15, 0.2) is 0 Å². The highest BCUT2D eigenvalue weighted by Gasteiger charge is 2.34. The molecule has 0 aliphatic heterocycles.